The average Bonchev–Trinajstić information content (AvgIpc) is 3.01. The number of aliphatic hydroxyl groups excluding tert-OH is 1. The molecule has 1 amide bonds. The van der Waals surface area contributed by atoms with Gasteiger partial charge >= 0.3 is 6.18 Å². The molecule has 0 bridgehead atoms. The molecule has 0 aromatic heterocycles. The highest BCUT2D eigenvalue weighted by molar-refractivity contribution is 7.92. The number of halogens is 3. The molecule has 4 rings (SSSR count). The quantitative estimate of drug-likeness (QED) is 0.184. The molecule has 4 aromatic carbocycles. The Morgan fingerprint density at radius 1 is 0.933 bits per heavy atom. The predicted molar refractivity (Wildman–Crippen MR) is 168 cm³/mol. The van der Waals surface area contributed by atoms with Gasteiger partial charge in [-0.3, -0.25) is 4.79 Å². The van der Waals surface area contributed by atoms with E-state index < -0.39 is 39.8 Å². The SMILES string of the molecule is C#Cc1cccc(C(=O)N[C@@H](Cc2ccccc2)[C@H](O)CNCc2cccc(C(F)(F)F)c2)c1N(c1ccccc1)S(C)(=O)=O. The third kappa shape index (κ3) is 8.73. The summed E-state index contributed by atoms with van der Waals surface area (Å²) in [6.45, 7) is -0.0213. The molecule has 7 nitrogen and oxygen atoms in total. The first-order chi connectivity index (χ1) is 21.4. The van der Waals surface area contributed by atoms with E-state index in [4.69, 9.17) is 6.42 Å². The number of carbonyl (C=O) groups is 1. The highest BCUT2D eigenvalue weighted by atomic mass is 32.2. The van der Waals surface area contributed by atoms with Crippen LogP contribution in [-0.4, -0.2) is 44.4 Å². The number of rotatable bonds is 12. The molecule has 0 saturated carbocycles. The van der Waals surface area contributed by atoms with Crippen molar-refractivity contribution in [3.8, 4) is 12.3 Å². The topological polar surface area (TPSA) is 98.7 Å². The third-order valence-corrected chi connectivity index (χ3v) is 8.03. The van der Waals surface area contributed by atoms with E-state index in [1.807, 2.05) is 30.3 Å². The van der Waals surface area contributed by atoms with Crippen molar-refractivity contribution in [3.63, 3.8) is 0 Å². The van der Waals surface area contributed by atoms with Crippen molar-refractivity contribution in [2.24, 2.45) is 0 Å². The zero-order valence-corrected chi connectivity index (χ0v) is 25.1. The van der Waals surface area contributed by atoms with Crippen LogP contribution in [-0.2, 0) is 29.2 Å². The number of benzene rings is 4. The molecular formula is C34H32F3N3O4S. The molecule has 234 valence electrons. The average molecular weight is 636 g/mol. The molecule has 3 N–H and O–H groups in total. The zero-order chi connectivity index (χ0) is 32.6. The predicted octanol–water partition coefficient (Wildman–Crippen LogP) is 5.28. The molecule has 0 aliphatic carbocycles. The molecule has 0 fully saturated rings. The number of nitrogens with zero attached hydrogens (tertiary/aromatic N) is 1. The molecule has 4 aromatic rings. The molecule has 11 heteroatoms. The van der Waals surface area contributed by atoms with Gasteiger partial charge in [0.1, 0.15) is 0 Å². The molecule has 0 spiro atoms. The van der Waals surface area contributed by atoms with Gasteiger partial charge in [0, 0.05) is 18.7 Å². The number of hydrogen-bond acceptors (Lipinski definition) is 5. The lowest BCUT2D eigenvalue weighted by molar-refractivity contribution is -0.137. The highest BCUT2D eigenvalue weighted by Crippen LogP contribution is 2.34. The van der Waals surface area contributed by atoms with Crippen LogP contribution < -0.4 is 14.9 Å². The Bertz CT molecular complexity index is 1760. The lowest BCUT2D eigenvalue weighted by Gasteiger charge is -2.28. The van der Waals surface area contributed by atoms with Gasteiger partial charge in [-0.15, -0.1) is 6.42 Å². The van der Waals surface area contributed by atoms with Gasteiger partial charge in [-0.1, -0.05) is 78.7 Å². The molecule has 0 aliphatic heterocycles. The standard InChI is InChI=1S/C34H32F3N3O4S/c1-3-26-15-11-19-29(32(26)40(45(2,43)44)28-17-8-5-9-18-28)33(42)39-30(21-24-12-6-4-7-13-24)31(41)23-38-22-25-14-10-16-27(20-25)34(35,36)37/h1,4-20,30-31,38,41H,21-23H2,2H3,(H,39,42)/t30-,31+/m0/s1. The smallest absolute Gasteiger partial charge is 0.390 e. The summed E-state index contributed by atoms with van der Waals surface area (Å²) in [5.41, 5.74) is 0.803. The van der Waals surface area contributed by atoms with Crippen molar-refractivity contribution in [1.82, 2.24) is 10.6 Å². The summed E-state index contributed by atoms with van der Waals surface area (Å²) in [5, 5.41) is 17.0. The molecule has 2 atom stereocenters. The fraction of sp³-hybridized carbons (Fsp3) is 0.206. The number of anilines is 2. The Labute approximate surface area is 260 Å². The van der Waals surface area contributed by atoms with E-state index in [2.05, 4.69) is 16.6 Å². The van der Waals surface area contributed by atoms with Crippen LogP contribution in [0.25, 0.3) is 0 Å². The summed E-state index contributed by atoms with van der Waals surface area (Å²) in [6, 6.07) is 25.8. The third-order valence-electron chi connectivity index (χ3n) is 6.98. The lowest BCUT2D eigenvalue weighted by Crippen LogP contribution is -2.49. The van der Waals surface area contributed by atoms with Gasteiger partial charge in [-0.05, 0) is 47.9 Å². The Morgan fingerprint density at radius 2 is 1.56 bits per heavy atom. The summed E-state index contributed by atoms with van der Waals surface area (Å²) >= 11 is 0. The van der Waals surface area contributed by atoms with E-state index >= 15 is 0 Å². The number of alkyl halides is 3. The van der Waals surface area contributed by atoms with Gasteiger partial charge in [-0.25, -0.2) is 12.7 Å². The molecule has 0 unspecified atom stereocenters. The number of aliphatic hydroxyl groups is 1. The largest absolute Gasteiger partial charge is 0.416 e. The molecular weight excluding hydrogens is 603 g/mol. The second-order valence-electron chi connectivity index (χ2n) is 10.4. The summed E-state index contributed by atoms with van der Waals surface area (Å²) < 4.78 is 66.6. The Kier molecular flexibility index (Phi) is 10.7. The van der Waals surface area contributed by atoms with Crippen LogP contribution in [0.5, 0.6) is 0 Å². The van der Waals surface area contributed by atoms with E-state index in [0.717, 1.165) is 28.3 Å². The number of nitrogens with one attached hydrogen (secondary N) is 2. The maximum atomic E-state index is 13.9. The number of sulfonamides is 1. The van der Waals surface area contributed by atoms with Gasteiger partial charge in [0.2, 0.25) is 10.0 Å². The van der Waals surface area contributed by atoms with Crippen LogP contribution in [0.4, 0.5) is 24.5 Å². The molecule has 45 heavy (non-hydrogen) atoms. The molecule has 0 heterocycles. The molecule has 0 saturated heterocycles. The van der Waals surface area contributed by atoms with Crippen molar-refractivity contribution in [1.29, 1.82) is 0 Å². The maximum absolute atomic E-state index is 13.9. The fourth-order valence-corrected chi connectivity index (χ4v) is 5.91. The number of para-hydroxylation sites is 2. The first-order valence-corrected chi connectivity index (χ1v) is 15.8. The normalized spacial score (nSPS) is 13.0. The minimum Gasteiger partial charge on any atom is -0.390 e. The zero-order valence-electron chi connectivity index (χ0n) is 24.3. The summed E-state index contributed by atoms with van der Waals surface area (Å²) in [6.07, 6.45) is 1.30. The van der Waals surface area contributed by atoms with Crippen LogP contribution in [0.15, 0.2) is 103 Å². The van der Waals surface area contributed by atoms with Crippen LogP contribution in [0.1, 0.15) is 32.6 Å². The van der Waals surface area contributed by atoms with Gasteiger partial charge in [-0.2, -0.15) is 13.2 Å². The van der Waals surface area contributed by atoms with Gasteiger partial charge < -0.3 is 15.7 Å². The molecule has 0 aliphatic rings. The first-order valence-electron chi connectivity index (χ1n) is 13.9. The number of carbonyl (C=O) groups excluding carboxylic acids is 1. The second-order valence-corrected chi connectivity index (χ2v) is 12.2. The van der Waals surface area contributed by atoms with Crippen molar-refractivity contribution in [2.45, 2.75) is 31.3 Å². The number of amides is 1. The molecule has 0 radical (unpaired) electrons. The van der Waals surface area contributed by atoms with E-state index in [0.29, 0.717) is 5.56 Å². The van der Waals surface area contributed by atoms with Gasteiger partial charge in [0.15, 0.2) is 0 Å². The van der Waals surface area contributed by atoms with E-state index in [1.165, 1.54) is 30.3 Å². The lowest BCUT2D eigenvalue weighted by atomic mass is 9.99. The Balaban J connectivity index is 1.62. The van der Waals surface area contributed by atoms with Crippen molar-refractivity contribution < 1.29 is 31.5 Å². The van der Waals surface area contributed by atoms with Crippen molar-refractivity contribution >= 4 is 27.3 Å². The number of hydrogen-bond donors (Lipinski definition) is 3. The number of terminal acetylenes is 1. The van der Waals surface area contributed by atoms with E-state index in [1.54, 1.807) is 30.3 Å². The van der Waals surface area contributed by atoms with Gasteiger partial charge in [0.25, 0.3) is 5.91 Å². The highest BCUT2D eigenvalue weighted by Gasteiger charge is 2.31. The minimum atomic E-state index is -4.48. The monoisotopic (exact) mass is 635 g/mol. The fourth-order valence-electron chi connectivity index (χ4n) is 4.87. The minimum absolute atomic E-state index is 0.0122. The Hall–Kier alpha value is -4.63. The van der Waals surface area contributed by atoms with Crippen LogP contribution in [0.3, 0.4) is 0 Å². The van der Waals surface area contributed by atoms with E-state index in [-0.39, 0.29) is 42.0 Å². The van der Waals surface area contributed by atoms with Gasteiger partial charge in [0.05, 0.1) is 40.9 Å². The first kappa shape index (κ1) is 33.3. The van der Waals surface area contributed by atoms with Crippen molar-refractivity contribution in [2.75, 3.05) is 17.1 Å². The van der Waals surface area contributed by atoms with Crippen LogP contribution in [0.2, 0.25) is 0 Å². The van der Waals surface area contributed by atoms with Crippen LogP contribution >= 0.6 is 0 Å². The van der Waals surface area contributed by atoms with Crippen molar-refractivity contribution in [3.05, 3.63) is 131 Å². The van der Waals surface area contributed by atoms with Crippen LogP contribution in [0, 0.1) is 12.3 Å². The summed E-state index contributed by atoms with van der Waals surface area (Å²) in [5.74, 6) is 1.79. The second kappa shape index (κ2) is 14.4. The maximum Gasteiger partial charge on any atom is 0.416 e. The summed E-state index contributed by atoms with van der Waals surface area (Å²) in [4.78, 5) is 13.9. The Morgan fingerprint density at radius 3 is 2.18 bits per heavy atom. The summed E-state index contributed by atoms with van der Waals surface area (Å²) in [7, 11) is -3.98. The van der Waals surface area contributed by atoms with E-state index in [9.17, 15) is 31.5 Å².